The lowest BCUT2D eigenvalue weighted by molar-refractivity contribution is 0.0744. The SMILES string of the molecule is C=CC12CC(CC1(C)CO)C(C)=C2C. The molecule has 3 atom stereocenters. The Kier molecular flexibility index (Phi) is 1.94. The Labute approximate surface area is 86.5 Å². The summed E-state index contributed by atoms with van der Waals surface area (Å²) in [6, 6.07) is 0. The molecule has 2 bridgehead atoms. The molecule has 1 heteroatoms. The van der Waals surface area contributed by atoms with E-state index in [4.69, 9.17) is 0 Å². The summed E-state index contributed by atoms with van der Waals surface area (Å²) >= 11 is 0. The molecule has 0 spiro atoms. The summed E-state index contributed by atoms with van der Waals surface area (Å²) < 4.78 is 0. The third-order valence-corrected chi connectivity index (χ3v) is 4.91. The molecule has 1 fully saturated rings. The van der Waals surface area contributed by atoms with Crippen molar-refractivity contribution >= 4 is 0 Å². The van der Waals surface area contributed by atoms with Crippen molar-refractivity contribution in [3.63, 3.8) is 0 Å². The molecule has 2 aliphatic carbocycles. The van der Waals surface area contributed by atoms with E-state index >= 15 is 0 Å². The van der Waals surface area contributed by atoms with E-state index in [-0.39, 0.29) is 17.4 Å². The van der Waals surface area contributed by atoms with E-state index in [1.165, 1.54) is 17.6 Å². The Morgan fingerprint density at radius 1 is 1.50 bits per heavy atom. The predicted octanol–water partition coefficient (Wildman–Crippen LogP) is 2.92. The van der Waals surface area contributed by atoms with Gasteiger partial charge in [-0.25, -0.2) is 0 Å². The first-order valence-corrected chi connectivity index (χ1v) is 5.43. The van der Waals surface area contributed by atoms with Gasteiger partial charge < -0.3 is 5.11 Å². The molecule has 1 nitrogen and oxygen atoms in total. The molecule has 0 amide bonds. The van der Waals surface area contributed by atoms with Gasteiger partial charge in [-0.3, -0.25) is 0 Å². The normalized spacial score (nSPS) is 46.1. The van der Waals surface area contributed by atoms with Gasteiger partial charge in [0.25, 0.3) is 0 Å². The summed E-state index contributed by atoms with van der Waals surface area (Å²) in [5, 5.41) is 9.58. The molecule has 2 rings (SSSR count). The second-order valence-electron chi connectivity index (χ2n) is 5.31. The summed E-state index contributed by atoms with van der Waals surface area (Å²) in [5.74, 6) is 0.685. The highest BCUT2D eigenvalue weighted by Gasteiger charge is 2.58. The van der Waals surface area contributed by atoms with E-state index in [9.17, 15) is 5.11 Å². The van der Waals surface area contributed by atoms with Gasteiger partial charge in [-0.05, 0) is 32.6 Å². The lowest BCUT2D eigenvalue weighted by Gasteiger charge is -2.42. The molecule has 0 aliphatic heterocycles. The Bertz CT molecular complexity index is 315. The summed E-state index contributed by atoms with van der Waals surface area (Å²) in [6.07, 6.45) is 4.37. The molecule has 2 aliphatic rings. The van der Waals surface area contributed by atoms with E-state index in [1.807, 2.05) is 0 Å². The van der Waals surface area contributed by atoms with Crippen LogP contribution in [0.4, 0.5) is 0 Å². The van der Waals surface area contributed by atoms with Crippen molar-refractivity contribution in [2.24, 2.45) is 16.7 Å². The van der Waals surface area contributed by atoms with Crippen LogP contribution < -0.4 is 0 Å². The molecule has 1 saturated carbocycles. The van der Waals surface area contributed by atoms with Crippen molar-refractivity contribution in [1.29, 1.82) is 0 Å². The summed E-state index contributed by atoms with van der Waals surface area (Å²) in [6.45, 7) is 10.9. The van der Waals surface area contributed by atoms with E-state index in [2.05, 4.69) is 33.4 Å². The molecule has 1 N–H and O–H groups in total. The van der Waals surface area contributed by atoms with Crippen LogP contribution in [0.25, 0.3) is 0 Å². The first kappa shape index (κ1) is 9.97. The van der Waals surface area contributed by atoms with Crippen LogP contribution in [-0.4, -0.2) is 11.7 Å². The first-order valence-electron chi connectivity index (χ1n) is 5.43. The predicted molar refractivity (Wildman–Crippen MR) is 58.9 cm³/mol. The minimum Gasteiger partial charge on any atom is -0.396 e. The van der Waals surface area contributed by atoms with Crippen LogP contribution in [-0.2, 0) is 0 Å². The number of aliphatic hydroxyl groups excluding tert-OH is 1. The minimum atomic E-state index is 0.0308. The fourth-order valence-corrected chi connectivity index (χ4v) is 3.69. The first-order chi connectivity index (χ1) is 6.50. The van der Waals surface area contributed by atoms with Gasteiger partial charge in [-0.15, -0.1) is 6.58 Å². The van der Waals surface area contributed by atoms with Crippen LogP contribution in [0.15, 0.2) is 23.8 Å². The van der Waals surface area contributed by atoms with Gasteiger partial charge in [0.1, 0.15) is 0 Å². The molecular weight excluding hydrogens is 172 g/mol. The van der Waals surface area contributed by atoms with Crippen LogP contribution in [0.5, 0.6) is 0 Å². The maximum Gasteiger partial charge on any atom is 0.0496 e. The highest BCUT2D eigenvalue weighted by Crippen LogP contribution is 2.66. The van der Waals surface area contributed by atoms with Crippen LogP contribution in [0.1, 0.15) is 33.6 Å². The average molecular weight is 192 g/mol. The lowest BCUT2D eigenvalue weighted by atomic mass is 9.62. The maximum absolute atomic E-state index is 9.58. The molecule has 0 radical (unpaired) electrons. The second kappa shape index (κ2) is 2.73. The van der Waals surface area contributed by atoms with E-state index < -0.39 is 0 Å². The second-order valence-corrected chi connectivity index (χ2v) is 5.31. The van der Waals surface area contributed by atoms with Crippen molar-refractivity contribution in [2.45, 2.75) is 33.6 Å². The highest BCUT2D eigenvalue weighted by molar-refractivity contribution is 5.40. The lowest BCUT2D eigenvalue weighted by Crippen LogP contribution is -2.38. The molecule has 0 heterocycles. The number of allylic oxidation sites excluding steroid dienone is 3. The van der Waals surface area contributed by atoms with E-state index in [0.29, 0.717) is 5.92 Å². The number of aliphatic hydroxyl groups is 1. The van der Waals surface area contributed by atoms with Crippen LogP contribution in [0.2, 0.25) is 0 Å². The van der Waals surface area contributed by atoms with Gasteiger partial charge >= 0.3 is 0 Å². The average Bonchev–Trinajstić information content (AvgIpc) is 2.62. The standard InChI is InChI=1S/C13H20O/c1-5-13-7-11(9(2)10(13)3)6-12(13,4)8-14/h5,11,14H,1,6-8H2,2-4H3. The Hall–Kier alpha value is -0.560. The summed E-state index contributed by atoms with van der Waals surface area (Å²) in [7, 11) is 0. The summed E-state index contributed by atoms with van der Waals surface area (Å²) in [5.41, 5.74) is 3.11. The number of rotatable bonds is 2. The topological polar surface area (TPSA) is 20.2 Å². The zero-order valence-corrected chi connectivity index (χ0v) is 9.43. The van der Waals surface area contributed by atoms with Gasteiger partial charge in [0.05, 0.1) is 0 Å². The number of hydrogen-bond donors (Lipinski definition) is 1. The highest BCUT2D eigenvalue weighted by atomic mass is 16.3. The molecular formula is C13H20O. The van der Waals surface area contributed by atoms with Gasteiger partial charge in [0.2, 0.25) is 0 Å². The van der Waals surface area contributed by atoms with Crippen LogP contribution in [0, 0.1) is 16.7 Å². The Morgan fingerprint density at radius 2 is 2.14 bits per heavy atom. The molecule has 14 heavy (non-hydrogen) atoms. The molecule has 0 aromatic rings. The number of hydrogen-bond acceptors (Lipinski definition) is 1. The van der Waals surface area contributed by atoms with Crippen molar-refractivity contribution < 1.29 is 5.11 Å². The van der Waals surface area contributed by atoms with Crippen LogP contribution >= 0.6 is 0 Å². The zero-order chi connectivity index (χ0) is 10.6. The maximum atomic E-state index is 9.58. The van der Waals surface area contributed by atoms with E-state index in [1.54, 1.807) is 0 Å². The van der Waals surface area contributed by atoms with E-state index in [0.717, 1.165) is 6.42 Å². The molecule has 78 valence electrons. The van der Waals surface area contributed by atoms with Gasteiger partial charge in [0.15, 0.2) is 0 Å². The zero-order valence-electron chi connectivity index (χ0n) is 9.43. The quantitative estimate of drug-likeness (QED) is 0.667. The molecule has 0 saturated heterocycles. The largest absolute Gasteiger partial charge is 0.396 e. The van der Waals surface area contributed by atoms with Crippen molar-refractivity contribution in [2.75, 3.05) is 6.61 Å². The Balaban J connectivity index is 2.55. The third-order valence-electron chi connectivity index (χ3n) is 4.91. The Morgan fingerprint density at radius 3 is 2.57 bits per heavy atom. The minimum absolute atomic E-state index is 0.0308. The smallest absolute Gasteiger partial charge is 0.0496 e. The fourth-order valence-electron chi connectivity index (χ4n) is 3.69. The molecule has 0 aromatic carbocycles. The molecule has 0 aromatic heterocycles. The monoisotopic (exact) mass is 192 g/mol. The van der Waals surface area contributed by atoms with Gasteiger partial charge in [-0.2, -0.15) is 0 Å². The third kappa shape index (κ3) is 0.844. The van der Waals surface area contributed by atoms with Gasteiger partial charge in [0, 0.05) is 17.4 Å². The van der Waals surface area contributed by atoms with Crippen molar-refractivity contribution in [3.05, 3.63) is 23.8 Å². The van der Waals surface area contributed by atoms with Crippen molar-refractivity contribution in [1.82, 2.24) is 0 Å². The number of fused-ring (bicyclic) bond motifs is 2. The van der Waals surface area contributed by atoms with Gasteiger partial charge in [-0.1, -0.05) is 24.1 Å². The van der Waals surface area contributed by atoms with Crippen LogP contribution in [0.3, 0.4) is 0 Å². The molecule has 3 unspecified atom stereocenters. The van der Waals surface area contributed by atoms with Crippen molar-refractivity contribution in [3.8, 4) is 0 Å². The fraction of sp³-hybridized carbons (Fsp3) is 0.692. The summed E-state index contributed by atoms with van der Waals surface area (Å²) in [4.78, 5) is 0.